The van der Waals surface area contributed by atoms with Crippen LogP contribution in [0.4, 0.5) is 0 Å². The average molecular weight is 365 g/mol. The molecule has 0 aliphatic heterocycles. The molecular formula is C21H40OSi2. The van der Waals surface area contributed by atoms with E-state index in [9.17, 15) is 0 Å². The van der Waals surface area contributed by atoms with Gasteiger partial charge < -0.3 is 4.43 Å². The zero-order valence-corrected chi connectivity index (χ0v) is 19.6. The van der Waals surface area contributed by atoms with E-state index in [1.165, 1.54) is 12.0 Å². The van der Waals surface area contributed by atoms with Gasteiger partial charge in [-0.15, -0.1) is 0 Å². The fourth-order valence-electron chi connectivity index (χ4n) is 4.03. The third kappa shape index (κ3) is 4.41. The molecule has 1 aromatic carbocycles. The van der Waals surface area contributed by atoms with Crippen LogP contribution in [0.3, 0.4) is 0 Å². The summed E-state index contributed by atoms with van der Waals surface area (Å²) in [5, 5.41) is 0.361. The monoisotopic (exact) mass is 364 g/mol. The Morgan fingerprint density at radius 2 is 1.33 bits per heavy atom. The molecule has 0 N–H and O–H groups in total. The van der Waals surface area contributed by atoms with Crippen molar-refractivity contribution in [2.75, 3.05) is 0 Å². The van der Waals surface area contributed by atoms with Gasteiger partial charge in [0.05, 0.1) is 8.07 Å². The van der Waals surface area contributed by atoms with Crippen molar-refractivity contribution in [3.05, 3.63) is 35.9 Å². The van der Waals surface area contributed by atoms with Crippen LogP contribution >= 0.6 is 0 Å². The quantitative estimate of drug-likeness (QED) is 0.426. The van der Waals surface area contributed by atoms with Gasteiger partial charge in [0.2, 0.25) is 0 Å². The van der Waals surface area contributed by atoms with Crippen LogP contribution in [-0.2, 0) is 10.8 Å². The smallest absolute Gasteiger partial charge is 0.193 e. The molecule has 0 fully saturated rings. The summed E-state index contributed by atoms with van der Waals surface area (Å²) in [5.41, 5.74) is 1.44. The molecule has 0 aliphatic rings. The second-order valence-electron chi connectivity index (χ2n) is 9.14. The van der Waals surface area contributed by atoms with Crippen LogP contribution in [0, 0.1) is 0 Å². The van der Waals surface area contributed by atoms with E-state index in [4.69, 9.17) is 4.43 Å². The van der Waals surface area contributed by atoms with Gasteiger partial charge in [0.25, 0.3) is 0 Å². The highest BCUT2D eigenvalue weighted by molar-refractivity contribution is 6.81. The summed E-state index contributed by atoms with van der Waals surface area (Å²) in [4.78, 5) is 0. The van der Waals surface area contributed by atoms with E-state index in [1.807, 2.05) is 0 Å². The minimum atomic E-state index is -1.89. The zero-order chi connectivity index (χ0) is 18.6. The van der Waals surface area contributed by atoms with Crippen molar-refractivity contribution >= 4 is 16.4 Å². The Morgan fingerprint density at radius 1 is 0.833 bits per heavy atom. The maximum atomic E-state index is 7.22. The molecule has 0 amide bonds. The number of rotatable bonds is 9. The summed E-state index contributed by atoms with van der Waals surface area (Å²) in [6, 6.07) is 11.0. The average Bonchev–Trinajstić information content (AvgIpc) is 2.52. The molecule has 3 heteroatoms. The van der Waals surface area contributed by atoms with E-state index in [0.717, 1.165) is 19.3 Å². The van der Waals surface area contributed by atoms with E-state index < -0.39 is 16.4 Å². The molecule has 0 aromatic heterocycles. The highest BCUT2D eigenvalue weighted by atomic mass is 28.4. The van der Waals surface area contributed by atoms with E-state index >= 15 is 0 Å². The van der Waals surface area contributed by atoms with Crippen LogP contribution < -0.4 is 0 Å². The van der Waals surface area contributed by atoms with Gasteiger partial charge in [-0.2, -0.15) is 0 Å². The summed E-state index contributed by atoms with van der Waals surface area (Å²) in [7, 11) is -3.31. The Bertz CT molecular complexity index is 500. The molecule has 0 heterocycles. The summed E-state index contributed by atoms with van der Waals surface area (Å²) >= 11 is 0. The zero-order valence-electron chi connectivity index (χ0n) is 17.6. The Kier molecular flexibility index (Phi) is 7.11. The third-order valence-corrected chi connectivity index (χ3v) is 14.7. The molecule has 0 aliphatic carbocycles. The minimum absolute atomic E-state index is 0.107. The molecule has 1 atom stereocenters. The number of hydrogen-bond acceptors (Lipinski definition) is 1. The molecule has 138 valence electrons. The molecule has 24 heavy (non-hydrogen) atoms. The summed E-state index contributed by atoms with van der Waals surface area (Å²) in [6.45, 7) is 21.8. The highest BCUT2D eigenvalue weighted by Gasteiger charge is 2.51. The van der Waals surface area contributed by atoms with E-state index in [2.05, 4.69) is 90.8 Å². The Morgan fingerprint density at radius 3 is 1.71 bits per heavy atom. The van der Waals surface area contributed by atoms with Gasteiger partial charge in [-0.25, -0.2) is 0 Å². The molecule has 1 aromatic rings. The molecule has 1 nitrogen and oxygen atoms in total. The molecule has 0 saturated carbocycles. The van der Waals surface area contributed by atoms with Gasteiger partial charge in [-0.05, 0) is 43.0 Å². The summed E-state index contributed by atoms with van der Waals surface area (Å²) in [6.07, 6.45) is 4.58. The van der Waals surface area contributed by atoms with Gasteiger partial charge in [-0.3, -0.25) is 0 Å². The second-order valence-corrected chi connectivity index (χ2v) is 19.0. The van der Waals surface area contributed by atoms with Crippen LogP contribution in [0.2, 0.25) is 37.8 Å². The Hall–Kier alpha value is -0.386. The standard InChI is InChI=1S/C21H40OSi2/c1-10-20(4,18-19-16-14-13-15-17-19)24(8,9)22-21(11-2,12-3)23(5,6)7/h13-17H,10-12,18H2,1-9H3/t20-/m1/s1. The van der Waals surface area contributed by atoms with Crippen molar-refractivity contribution in [3.8, 4) is 0 Å². The number of benzene rings is 1. The van der Waals surface area contributed by atoms with Crippen LogP contribution in [0.1, 0.15) is 52.5 Å². The third-order valence-electron chi connectivity index (χ3n) is 6.63. The largest absolute Gasteiger partial charge is 0.414 e. The summed E-state index contributed by atoms with van der Waals surface area (Å²) in [5.74, 6) is 0. The maximum Gasteiger partial charge on any atom is 0.193 e. The van der Waals surface area contributed by atoms with Crippen LogP contribution in [0.5, 0.6) is 0 Å². The van der Waals surface area contributed by atoms with Crippen molar-refractivity contribution in [1.29, 1.82) is 0 Å². The van der Waals surface area contributed by atoms with Crippen molar-refractivity contribution in [2.24, 2.45) is 0 Å². The lowest BCUT2D eigenvalue weighted by Gasteiger charge is -2.52. The predicted octanol–water partition coefficient (Wildman–Crippen LogP) is 7.06. The lowest BCUT2D eigenvalue weighted by Crippen LogP contribution is -2.61. The lowest BCUT2D eigenvalue weighted by atomic mass is 9.97. The van der Waals surface area contributed by atoms with E-state index in [-0.39, 0.29) is 10.3 Å². The molecule has 0 unspecified atom stereocenters. The first-order chi connectivity index (χ1) is 11.0. The fraction of sp³-hybridized carbons (Fsp3) is 0.714. The van der Waals surface area contributed by atoms with Gasteiger partial charge >= 0.3 is 0 Å². The molecule has 0 spiro atoms. The lowest BCUT2D eigenvalue weighted by molar-refractivity contribution is 0.113. The molecule has 0 radical (unpaired) electrons. The molecule has 0 saturated heterocycles. The van der Waals surface area contributed by atoms with Crippen molar-refractivity contribution in [3.63, 3.8) is 0 Å². The van der Waals surface area contributed by atoms with Gasteiger partial charge in [-0.1, -0.05) is 84.1 Å². The fourth-order valence-corrected chi connectivity index (χ4v) is 11.1. The van der Waals surface area contributed by atoms with Crippen LogP contribution in [0.25, 0.3) is 0 Å². The van der Waals surface area contributed by atoms with E-state index in [1.54, 1.807) is 0 Å². The Balaban J connectivity index is 3.17. The molecular weight excluding hydrogens is 324 g/mol. The molecule has 1 rings (SSSR count). The second kappa shape index (κ2) is 7.88. The first-order valence-corrected chi connectivity index (χ1v) is 16.1. The SMILES string of the molecule is CCC(CC)(O[Si](C)(C)[C@](C)(CC)Cc1ccccc1)[Si](C)(C)C. The topological polar surface area (TPSA) is 9.23 Å². The predicted molar refractivity (Wildman–Crippen MR) is 114 cm³/mol. The Labute approximate surface area is 153 Å². The first kappa shape index (κ1) is 21.7. The van der Waals surface area contributed by atoms with Gasteiger partial charge in [0.15, 0.2) is 8.32 Å². The van der Waals surface area contributed by atoms with Crippen molar-refractivity contribution in [1.82, 2.24) is 0 Å². The van der Waals surface area contributed by atoms with Crippen molar-refractivity contribution in [2.45, 2.75) is 96.4 Å². The van der Waals surface area contributed by atoms with Crippen LogP contribution in [0.15, 0.2) is 30.3 Å². The van der Waals surface area contributed by atoms with Crippen molar-refractivity contribution < 1.29 is 4.43 Å². The summed E-state index contributed by atoms with van der Waals surface area (Å²) < 4.78 is 7.22. The molecule has 0 bridgehead atoms. The minimum Gasteiger partial charge on any atom is -0.414 e. The van der Waals surface area contributed by atoms with E-state index in [0.29, 0.717) is 0 Å². The maximum absolute atomic E-state index is 7.22. The first-order valence-electron chi connectivity index (χ1n) is 9.71. The van der Waals surface area contributed by atoms with Gasteiger partial charge in [0, 0.05) is 5.22 Å². The van der Waals surface area contributed by atoms with Gasteiger partial charge in [0.1, 0.15) is 0 Å². The highest BCUT2D eigenvalue weighted by Crippen LogP contribution is 2.48. The normalized spacial score (nSPS) is 16.0. The van der Waals surface area contributed by atoms with Crippen LogP contribution in [-0.4, -0.2) is 21.6 Å². The number of hydrogen-bond donors (Lipinski definition) is 0.